The van der Waals surface area contributed by atoms with Crippen molar-refractivity contribution >= 4 is 53.5 Å². The van der Waals surface area contributed by atoms with Gasteiger partial charge in [-0.25, -0.2) is 22.0 Å². The minimum atomic E-state index is -3.98. The molecule has 1 amide bonds. The fraction of sp³-hybridized carbons (Fsp3) is 0.192. The molecule has 4 aromatic rings. The van der Waals surface area contributed by atoms with Crippen molar-refractivity contribution in [1.29, 1.82) is 0 Å². The van der Waals surface area contributed by atoms with Crippen LogP contribution in [0.1, 0.15) is 22.8 Å². The molecule has 0 aliphatic carbocycles. The van der Waals surface area contributed by atoms with Gasteiger partial charge in [0.25, 0.3) is 5.91 Å². The molecular formula is C26H26N4O7S3. The Balaban J connectivity index is 1.68. The molecule has 0 fully saturated rings. The number of benzene rings is 3. The van der Waals surface area contributed by atoms with Crippen LogP contribution >= 0.6 is 11.3 Å². The molecule has 0 spiro atoms. The van der Waals surface area contributed by atoms with Crippen LogP contribution in [0.5, 0.6) is 0 Å². The van der Waals surface area contributed by atoms with Crippen LogP contribution in [0.3, 0.4) is 0 Å². The fourth-order valence-corrected chi connectivity index (χ4v) is 7.00. The monoisotopic (exact) mass is 602 g/mol. The number of amides is 1. The van der Waals surface area contributed by atoms with E-state index in [9.17, 15) is 26.4 Å². The van der Waals surface area contributed by atoms with Crippen molar-refractivity contribution in [3.8, 4) is 0 Å². The lowest BCUT2D eigenvalue weighted by Crippen LogP contribution is -2.30. The summed E-state index contributed by atoms with van der Waals surface area (Å²) in [7, 11) is -6.59. The van der Waals surface area contributed by atoms with Gasteiger partial charge in [0.1, 0.15) is 6.54 Å². The third kappa shape index (κ3) is 6.37. The number of hydrogen-bond acceptors (Lipinski definition) is 8. The van der Waals surface area contributed by atoms with Crippen LogP contribution < -0.4 is 9.94 Å². The van der Waals surface area contributed by atoms with Crippen LogP contribution in [-0.2, 0) is 42.7 Å². The Morgan fingerprint density at radius 2 is 1.62 bits per heavy atom. The maximum absolute atomic E-state index is 13.2. The summed E-state index contributed by atoms with van der Waals surface area (Å²) in [6, 6.07) is 18.7. The number of hydrogen-bond donors (Lipinski definition) is 1. The molecule has 4 rings (SSSR count). The molecule has 1 heterocycles. The van der Waals surface area contributed by atoms with Gasteiger partial charge in [-0.2, -0.15) is 9.30 Å². The number of methoxy groups -OCH3 is 1. The second-order valence-corrected chi connectivity index (χ2v) is 13.1. The van der Waals surface area contributed by atoms with E-state index in [0.29, 0.717) is 10.2 Å². The third-order valence-corrected chi connectivity index (χ3v) is 9.88. The molecule has 14 heteroatoms. The molecule has 3 aromatic carbocycles. The molecule has 11 nitrogen and oxygen atoms in total. The van der Waals surface area contributed by atoms with Gasteiger partial charge < -0.3 is 9.30 Å². The SMILES string of the molecule is CCN(Cc1ccccc1)S(=O)(=O)c1ccc(C(=O)N=c2sc3cc(S(N)(=O)=O)ccc3n2CC(=O)OC)cc1. The molecule has 0 saturated heterocycles. The number of carbonyl (C=O) groups excluding carboxylic acids is 2. The number of thiazole rings is 1. The lowest BCUT2D eigenvalue weighted by atomic mass is 10.2. The molecule has 0 atom stereocenters. The minimum Gasteiger partial charge on any atom is -0.468 e. The third-order valence-electron chi connectivity index (χ3n) is 5.99. The maximum atomic E-state index is 13.2. The van der Waals surface area contributed by atoms with Gasteiger partial charge in [-0.05, 0) is 48.0 Å². The van der Waals surface area contributed by atoms with Crippen molar-refractivity contribution in [3.05, 3.63) is 88.7 Å². The van der Waals surface area contributed by atoms with Gasteiger partial charge in [-0.15, -0.1) is 0 Å². The van der Waals surface area contributed by atoms with Crippen molar-refractivity contribution in [2.75, 3.05) is 13.7 Å². The Hall–Kier alpha value is -3.69. The van der Waals surface area contributed by atoms with Crippen molar-refractivity contribution in [1.82, 2.24) is 8.87 Å². The molecule has 0 aliphatic heterocycles. The standard InChI is InChI=1S/C26H26N4O7S3/c1-3-29(16-18-7-5-4-6-8-18)40(35,36)20-11-9-19(10-12-20)25(32)28-26-30(17-24(31)37-2)22-14-13-21(39(27,33)34)15-23(22)38-26/h4-15H,3,16-17H2,1-2H3,(H2,27,33,34). The Morgan fingerprint density at radius 1 is 0.975 bits per heavy atom. The van der Waals surface area contributed by atoms with Crippen LogP contribution in [0.4, 0.5) is 0 Å². The highest BCUT2D eigenvalue weighted by atomic mass is 32.2. The van der Waals surface area contributed by atoms with Gasteiger partial charge in [0, 0.05) is 18.7 Å². The van der Waals surface area contributed by atoms with E-state index in [1.54, 1.807) is 6.92 Å². The summed E-state index contributed by atoms with van der Waals surface area (Å²) in [6.45, 7) is 1.93. The summed E-state index contributed by atoms with van der Waals surface area (Å²) in [5.74, 6) is -1.29. The Morgan fingerprint density at radius 3 is 2.23 bits per heavy atom. The lowest BCUT2D eigenvalue weighted by Gasteiger charge is -2.20. The quantitative estimate of drug-likeness (QED) is 0.288. The minimum absolute atomic E-state index is 0.0278. The molecular weight excluding hydrogens is 577 g/mol. The number of ether oxygens (including phenoxy) is 1. The first-order valence-electron chi connectivity index (χ1n) is 11.9. The highest BCUT2D eigenvalue weighted by Crippen LogP contribution is 2.22. The summed E-state index contributed by atoms with van der Waals surface area (Å²) < 4.78 is 58.0. The van der Waals surface area contributed by atoms with Gasteiger partial charge in [0.05, 0.1) is 27.1 Å². The molecule has 0 aliphatic rings. The smallest absolute Gasteiger partial charge is 0.325 e. The summed E-state index contributed by atoms with van der Waals surface area (Å²) in [6.07, 6.45) is 0. The molecule has 0 bridgehead atoms. The summed E-state index contributed by atoms with van der Waals surface area (Å²) in [5.41, 5.74) is 1.42. The molecule has 0 saturated carbocycles. The van der Waals surface area contributed by atoms with Crippen LogP contribution in [0, 0.1) is 0 Å². The number of aromatic nitrogens is 1. The van der Waals surface area contributed by atoms with E-state index in [1.165, 1.54) is 58.4 Å². The van der Waals surface area contributed by atoms with E-state index in [-0.39, 0.29) is 39.8 Å². The number of carbonyl (C=O) groups is 2. The van der Waals surface area contributed by atoms with Crippen LogP contribution in [0.25, 0.3) is 10.2 Å². The Labute approximate surface area is 235 Å². The molecule has 40 heavy (non-hydrogen) atoms. The maximum Gasteiger partial charge on any atom is 0.325 e. The number of primary sulfonamides is 1. The van der Waals surface area contributed by atoms with Crippen LogP contribution in [0.2, 0.25) is 0 Å². The van der Waals surface area contributed by atoms with Crippen molar-refractivity contribution in [2.24, 2.45) is 10.1 Å². The average Bonchev–Trinajstić information content (AvgIpc) is 3.27. The van der Waals surface area contributed by atoms with Gasteiger partial charge in [0.15, 0.2) is 4.80 Å². The first-order valence-corrected chi connectivity index (χ1v) is 15.7. The fourth-order valence-electron chi connectivity index (χ4n) is 3.89. The zero-order valence-electron chi connectivity index (χ0n) is 21.6. The zero-order chi connectivity index (χ0) is 29.1. The average molecular weight is 603 g/mol. The lowest BCUT2D eigenvalue weighted by molar-refractivity contribution is -0.141. The molecule has 0 unspecified atom stereocenters. The van der Waals surface area contributed by atoms with Crippen LogP contribution in [-0.4, -0.2) is 51.2 Å². The molecule has 1 aromatic heterocycles. The summed E-state index contributed by atoms with van der Waals surface area (Å²) in [4.78, 5) is 29.2. The highest BCUT2D eigenvalue weighted by Gasteiger charge is 2.24. The summed E-state index contributed by atoms with van der Waals surface area (Å²) >= 11 is 0.990. The Bertz CT molecular complexity index is 1850. The second kappa shape index (κ2) is 11.8. The predicted octanol–water partition coefficient (Wildman–Crippen LogP) is 2.48. The number of esters is 1. The first-order chi connectivity index (χ1) is 18.9. The van der Waals surface area contributed by atoms with Gasteiger partial charge in [0.2, 0.25) is 20.0 Å². The molecule has 210 valence electrons. The molecule has 0 radical (unpaired) electrons. The predicted molar refractivity (Wildman–Crippen MR) is 149 cm³/mol. The number of nitrogens with zero attached hydrogens (tertiary/aromatic N) is 3. The van der Waals surface area contributed by atoms with E-state index in [4.69, 9.17) is 9.88 Å². The Kier molecular flexibility index (Phi) is 8.65. The molecule has 2 N–H and O–H groups in total. The number of fused-ring (bicyclic) bond motifs is 1. The highest BCUT2D eigenvalue weighted by molar-refractivity contribution is 7.89. The zero-order valence-corrected chi connectivity index (χ0v) is 24.0. The largest absolute Gasteiger partial charge is 0.468 e. The summed E-state index contributed by atoms with van der Waals surface area (Å²) in [5, 5.41) is 5.23. The van der Waals surface area contributed by atoms with Gasteiger partial charge in [-0.3, -0.25) is 9.59 Å². The van der Waals surface area contributed by atoms with Gasteiger partial charge in [-0.1, -0.05) is 48.6 Å². The normalized spacial score (nSPS) is 12.7. The first kappa shape index (κ1) is 29.3. The van der Waals surface area contributed by atoms with Crippen molar-refractivity contribution < 1.29 is 31.2 Å². The number of rotatable bonds is 9. The van der Waals surface area contributed by atoms with E-state index < -0.39 is 31.9 Å². The van der Waals surface area contributed by atoms with Crippen molar-refractivity contribution in [2.45, 2.75) is 29.8 Å². The van der Waals surface area contributed by atoms with E-state index in [0.717, 1.165) is 16.9 Å². The van der Waals surface area contributed by atoms with E-state index in [1.807, 2.05) is 30.3 Å². The topological polar surface area (TPSA) is 158 Å². The van der Waals surface area contributed by atoms with Crippen LogP contribution in [0.15, 0.2) is 87.6 Å². The number of sulfonamides is 2. The van der Waals surface area contributed by atoms with E-state index >= 15 is 0 Å². The van der Waals surface area contributed by atoms with Crippen molar-refractivity contribution in [3.63, 3.8) is 0 Å². The second-order valence-electron chi connectivity index (χ2n) is 8.58. The van der Waals surface area contributed by atoms with Gasteiger partial charge >= 0.3 is 5.97 Å². The number of nitrogens with two attached hydrogens (primary N) is 1. The van der Waals surface area contributed by atoms with E-state index in [2.05, 4.69) is 4.99 Å².